The molecule has 1 aliphatic rings. The Morgan fingerprint density at radius 3 is 2.81 bits per heavy atom. The molecule has 2 aromatic rings. The van der Waals surface area contributed by atoms with Crippen molar-refractivity contribution in [3.05, 3.63) is 67.9 Å². The third kappa shape index (κ3) is 2.76. The minimum Gasteiger partial charge on any atom is -0.376 e. The van der Waals surface area contributed by atoms with Gasteiger partial charge in [-0.2, -0.15) is 0 Å². The summed E-state index contributed by atoms with van der Waals surface area (Å²) < 4.78 is 15.0. The van der Waals surface area contributed by atoms with Gasteiger partial charge in [-0.05, 0) is 42.2 Å². The number of aryl methyl sites for hydroxylation is 1. The molecule has 0 amide bonds. The monoisotopic (exact) mass is 350 g/mol. The third-order valence-electron chi connectivity index (χ3n) is 3.68. The maximum absolute atomic E-state index is 13.9. The Hall–Kier alpha value is -1.95. The first kappa shape index (κ1) is 14.0. The van der Waals surface area contributed by atoms with Crippen LogP contribution in [0.3, 0.4) is 0 Å². The van der Waals surface area contributed by atoms with Gasteiger partial charge in [0.1, 0.15) is 0 Å². The van der Waals surface area contributed by atoms with Gasteiger partial charge in [-0.15, -0.1) is 0 Å². The zero-order chi connectivity index (χ0) is 15.0. The number of nitrogens with zero attached hydrogens (tertiary/aromatic N) is 1. The fraction of sp³-hybridized carbons (Fsp3) is 0.200. The van der Waals surface area contributed by atoms with Crippen molar-refractivity contribution < 1.29 is 9.31 Å². The van der Waals surface area contributed by atoms with E-state index in [-0.39, 0.29) is 11.7 Å². The summed E-state index contributed by atoms with van der Waals surface area (Å²) in [5.74, 6) is -0.602. The predicted octanol–water partition coefficient (Wildman–Crippen LogP) is 4.60. The van der Waals surface area contributed by atoms with Gasteiger partial charge in [0.25, 0.3) is 5.69 Å². The number of benzene rings is 2. The summed E-state index contributed by atoms with van der Waals surface area (Å²) in [4.78, 5) is 10.0. The van der Waals surface area contributed by atoms with Crippen molar-refractivity contribution in [1.82, 2.24) is 0 Å². The molecule has 0 bridgehead atoms. The average Bonchev–Trinajstić information content (AvgIpc) is 2.83. The molecular weight excluding hydrogens is 339 g/mol. The number of nitro benzene ring substituents is 1. The largest absolute Gasteiger partial charge is 0.376 e. The molecule has 0 fully saturated rings. The molecule has 0 aliphatic heterocycles. The van der Waals surface area contributed by atoms with Gasteiger partial charge in [0.15, 0.2) is 5.82 Å². The Labute approximate surface area is 129 Å². The van der Waals surface area contributed by atoms with Crippen LogP contribution in [-0.4, -0.2) is 4.92 Å². The van der Waals surface area contributed by atoms with E-state index in [0.717, 1.165) is 28.9 Å². The first-order valence-electron chi connectivity index (χ1n) is 6.53. The van der Waals surface area contributed by atoms with Crippen LogP contribution in [0.5, 0.6) is 0 Å². The van der Waals surface area contributed by atoms with Crippen molar-refractivity contribution in [2.45, 2.75) is 18.9 Å². The van der Waals surface area contributed by atoms with Crippen LogP contribution in [0.1, 0.15) is 23.6 Å². The first-order chi connectivity index (χ1) is 10.0. The highest BCUT2D eigenvalue weighted by Crippen LogP contribution is 2.36. The number of anilines is 1. The van der Waals surface area contributed by atoms with Crippen LogP contribution in [0.4, 0.5) is 15.8 Å². The van der Waals surface area contributed by atoms with Crippen LogP contribution in [0.15, 0.2) is 40.9 Å². The topological polar surface area (TPSA) is 55.2 Å². The Bertz CT molecular complexity index is 721. The van der Waals surface area contributed by atoms with Crippen LogP contribution in [0.25, 0.3) is 0 Å². The van der Waals surface area contributed by atoms with E-state index < -0.39 is 10.7 Å². The number of nitrogens with one attached hydrogen (secondary N) is 1. The molecule has 0 saturated carbocycles. The molecule has 1 N–H and O–H groups in total. The number of halogens is 2. The molecule has 1 atom stereocenters. The van der Waals surface area contributed by atoms with Gasteiger partial charge >= 0.3 is 0 Å². The summed E-state index contributed by atoms with van der Waals surface area (Å²) >= 11 is 3.44. The van der Waals surface area contributed by atoms with Gasteiger partial charge in [0.05, 0.1) is 22.7 Å². The van der Waals surface area contributed by atoms with Crippen molar-refractivity contribution in [1.29, 1.82) is 0 Å². The van der Waals surface area contributed by atoms with Gasteiger partial charge < -0.3 is 5.32 Å². The van der Waals surface area contributed by atoms with E-state index in [1.54, 1.807) is 0 Å². The molecule has 0 radical (unpaired) electrons. The van der Waals surface area contributed by atoms with E-state index >= 15 is 0 Å². The number of rotatable bonds is 3. The molecule has 6 heteroatoms. The quantitative estimate of drug-likeness (QED) is 0.650. The molecule has 2 aromatic carbocycles. The van der Waals surface area contributed by atoms with Crippen LogP contribution in [-0.2, 0) is 6.42 Å². The number of fused-ring (bicyclic) bond motifs is 1. The maximum atomic E-state index is 13.9. The van der Waals surface area contributed by atoms with E-state index in [2.05, 4.69) is 27.3 Å². The molecular formula is C15H12BrFN2O2. The lowest BCUT2D eigenvalue weighted by atomic mass is 10.1. The summed E-state index contributed by atoms with van der Waals surface area (Å²) in [6.07, 6.45) is 1.81. The van der Waals surface area contributed by atoms with Crippen molar-refractivity contribution >= 4 is 27.3 Å². The Balaban J connectivity index is 1.84. The van der Waals surface area contributed by atoms with Crippen LogP contribution >= 0.6 is 15.9 Å². The first-order valence-corrected chi connectivity index (χ1v) is 7.32. The second-order valence-corrected chi connectivity index (χ2v) is 5.92. The van der Waals surface area contributed by atoms with E-state index in [1.165, 1.54) is 17.7 Å². The van der Waals surface area contributed by atoms with E-state index in [4.69, 9.17) is 0 Å². The Morgan fingerprint density at radius 1 is 1.29 bits per heavy atom. The second kappa shape index (κ2) is 5.44. The number of hydrogen-bond donors (Lipinski definition) is 1. The van der Waals surface area contributed by atoms with Gasteiger partial charge in [0, 0.05) is 10.5 Å². The zero-order valence-electron chi connectivity index (χ0n) is 11.0. The second-order valence-electron chi connectivity index (χ2n) is 5.00. The molecule has 0 spiro atoms. The Morgan fingerprint density at radius 2 is 2.10 bits per heavy atom. The molecule has 0 aromatic heterocycles. The van der Waals surface area contributed by atoms with Crippen LogP contribution < -0.4 is 5.32 Å². The minimum atomic E-state index is -0.602. The van der Waals surface area contributed by atoms with Gasteiger partial charge in [-0.1, -0.05) is 22.0 Å². The third-order valence-corrected chi connectivity index (χ3v) is 4.17. The molecule has 108 valence electrons. The fourth-order valence-electron chi connectivity index (χ4n) is 2.66. The van der Waals surface area contributed by atoms with Crippen LogP contribution in [0, 0.1) is 15.9 Å². The number of hydrogen-bond acceptors (Lipinski definition) is 3. The molecule has 1 aliphatic carbocycles. The molecule has 1 unspecified atom stereocenters. The number of non-ortho nitro benzene ring substituents is 1. The summed E-state index contributed by atoms with van der Waals surface area (Å²) in [6, 6.07) is 9.76. The van der Waals surface area contributed by atoms with Crippen molar-refractivity contribution in [3.8, 4) is 0 Å². The summed E-state index contributed by atoms with van der Waals surface area (Å²) in [5, 5.41) is 13.8. The van der Waals surface area contributed by atoms with Gasteiger partial charge in [-0.25, -0.2) is 4.39 Å². The normalized spacial score (nSPS) is 16.6. The van der Waals surface area contributed by atoms with E-state index in [1.807, 2.05) is 12.1 Å². The lowest BCUT2D eigenvalue weighted by molar-refractivity contribution is -0.385. The molecule has 4 nitrogen and oxygen atoms in total. The van der Waals surface area contributed by atoms with Gasteiger partial charge in [-0.3, -0.25) is 10.1 Å². The molecule has 0 saturated heterocycles. The molecule has 0 heterocycles. The van der Waals surface area contributed by atoms with Crippen molar-refractivity contribution in [2.24, 2.45) is 0 Å². The zero-order valence-corrected chi connectivity index (χ0v) is 12.6. The number of nitro groups is 1. The van der Waals surface area contributed by atoms with Crippen molar-refractivity contribution in [2.75, 3.05) is 5.32 Å². The van der Waals surface area contributed by atoms with Gasteiger partial charge in [0.2, 0.25) is 0 Å². The lowest BCUT2D eigenvalue weighted by Gasteiger charge is -2.16. The predicted molar refractivity (Wildman–Crippen MR) is 81.9 cm³/mol. The lowest BCUT2D eigenvalue weighted by Crippen LogP contribution is -2.08. The average molecular weight is 351 g/mol. The highest BCUT2D eigenvalue weighted by atomic mass is 79.9. The van der Waals surface area contributed by atoms with Crippen LogP contribution in [0.2, 0.25) is 0 Å². The SMILES string of the molecule is O=[N+]([O-])c1ccc(NC2CCc3cc(Br)ccc32)c(F)c1. The summed E-state index contributed by atoms with van der Waals surface area (Å²) in [5.41, 5.74) is 2.44. The maximum Gasteiger partial charge on any atom is 0.272 e. The van der Waals surface area contributed by atoms with E-state index in [0.29, 0.717) is 5.69 Å². The highest BCUT2D eigenvalue weighted by Gasteiger charge is 2.23. The summed E-state index contributed by atoms with van der Waals surface area (Å²) in [7, 11) is 0. The van der Waals surface area contributed by atoms with E-state index in [9.17, 15) is 14.5 Å². The molecule has 21 heavy (non-hydrogen) atoms. The standard InChI is InChI=1S/C15H12BrFN2O2/c16-10-2-4-12-9(7-10)1-5-14(12)18-15-6-3-11(19(20)21)8-13(15)17/h2-4,6-8,14,18H,1,5H2. The fourth-order valence-corrected chi connectivity index (χ4v) is 3.07. The smallest absolute Gasteiger partial charge is 0.272 e. The summed E-state index contributed by atoms with van der Waals surface area (Å²) in [6.45, 7) is 0. The Kier molecular flexibility index (Phi) is 3.63. The van der Waals surface area contributed by atoms with Crippen molar-refractivity contribution in [3.63, 3.8) is 0 Å². The minimum absolute atomic E-state index is 0.0315. The molecule has 3 rings (SSSR count). The highest BCUT2D eigenvalue weighted by molar-refractivity contribution is 9.10.